The largest absolute Gasteiger partial charge is 0.331 e. The molecule has 0 saturated carbocycles. The minimum atomic E-state index is 0.237. The lowest BCUT2D eigenvalue weighted by Crippen LogP contribution is -2.24. The zero-order valence-corrected chi connectivity index (χ0v) is 13.0. The zero-order valence-electron chi connectivity index (χ0n) is 12.2. The van der Waals surface area contributed by atoms with Gasteiger partial charge in [0.1, 0.15) is 0 Å². The predicted octanol–water partition coefficient (Wildman–Crippen LogP) is 4.07. The van der Waals surface area contributed by atoms with Gasteiger partial charge in [-0.3, -0.25) is 5.43 Å². The van der Waals surface area contributed by atoms with Crippen molar-refractivity contribution in [1.82, 2.24) is 5.43 Å². The number of thiocarbonyl (C=S) groups is 1. The molecule has 4 heteroatoms. The highest BCUT2D eigenvalue weighted by Crippen LogP contribution is 2.11. The maximum absolute atomic E-state index is 5.20. The van der Waals surface area contributed by atoms with Gasteiger partial charge < -0.3 is 5.32 Å². The molecule has 0 amide bonds. The number of benzene rings is 2. The monoisotopic (exact) mass is 297 g/mol. The molecule has 1 atom stereocenters. The first kappa shape index (κ1) is 15.2. The molecule has 0 unspecified atom stereocenters. The molecule has 108 valence electrons. The molecule has 0 heterocycles. The first-order chi connectivity index (χ1) is 10.1. The lowest BCUT2D eigenvalue weighted by Gasteiger charge is -2.08. The Hall–Kier alpha value is -2.20. The van der Waals surface area contributed by atoms with Gasteiger partial charge in [0.15, 0.2) is 5.11 Å². The van der Waals surface area contributed by atoms with Crippen LogP contribution in [0.4, 0.5) is 5.69 Å². The van der Waals surface area contributed by atoms with Gasteiger partial charge in [-0.1, -0.05) is 55.0 Å². The van der Waals surface area contributed by atoms with Gasteiger partial charge in [-0.2, -0.15) is 5.10 Å². The number of hydrogen-bond acceptors (Lipinski definition) is 2. The lowest BCUT2D eigenvalue weighted by molar-refractivity contribution is 0.983. The number of hydrazone groups is 1. The van der Waals surface area contributed by atoms with Crippen LogP contribution in [0.15, 0.2) is 59.7 Å². The molecule has 0 aliphatic rings. The quantitative estimate of drug-likeness (QED) is 0.507. The summed E-state index contributed by atoms with van der Waals surface area (Å²) in [6, 6.07) is 18.3. The van der Waals surface area contributed by atoms with Crippen molar-refractivity contribution in [2.75, 3.05) is 5.32 Å². The average molecular weight is 297 g/mol. The van der Waals surface area contributed by atoms with Crippen molar-refractivity contribution < 1.29 is 0 Å². The smallest absolute Gasteiger partial charge is 0.191 e. The topological polar surface area (TPSA) is 36.4 Å². The zero-order chi connectivity index (χ0) is 15.1. The third-order valence-corrected chi connectivity index (χ3v) is 3.29. The van der Waals surface area contributed by atoms with E-state index >= 15 is 0 Å². The molecule has 0 radical (unpaired) electrons. The Balaban J connectivity index is 1.83. The lowest BCUT2D eigenvalue weighted by atomic mass is 10.0. The van der Waals surface area contributed by atoms with E-state index in [2.05, 4.69) is 41.8 Å². The SMILES string of the molecule is Cc1ccc(NC(=S)N/N=C\[C@H](C)c2ccccc2)cc1. The Kier molecular flexibility index (Phi) is 5.46. The number of nitrogens with zero attached hydrogens (tertiary/aromatic N) is 1. The Bertz CT molecular complexity index is 606. The van der Waals surface area contributed by atoms with E-state index < -0.39 is 0 Å². The van der Waals surface area contributed by atoms with Crippen molar-refractivity contribution in [1.29, 1.82) is 0 Å². The summed E-state index contributed by atoms with van der Waals surface area (Å²) in [4.78, 5) is 0. The van der Waals surface area contributed by atoms with Gasteiger partial charge in [-0.05, 0) is 36.8 Å². The normalized spacial score (nSPS) is 12.1. The fraction of sp³-hybridized carbons (Fsp3) is 0.176. The van der Waals surface area contributed by atoms with Crippen LogP contribution in [0.3, 0.4) is 0 Å². The second-order valence-electron chi connectivity index (χ2n) is 4.91. The summed E-state index contributed by atoms with van der Waals surface area (Å²) in [6.45, 7) is 4.15. The summed E-state index contributed by atoms with van der Waals surface area (Å²) in [5.41, 5.74) is 6.22. The van der Waals surface area contributed by atoms with Crippen LogP contribution in [0.5, 0.6) is 0 Å². The molecule has 21 heavy (non-hydrogen) atoms. The van der Waals surface area contributed by atoms with Gasteiger partial charge in [0.25, 0.3) is 0 Å². The van der Waals surface area contributed by atoms with Crippen LogP contribution in [0.1, 0.15) is 24.0 Å². The molecule has 0 saturated heterocycles. The third-order valence-electron chi connectivity index (χ3n) is 3.10. The standard InChI is InChI=1S/C17H19N3S/c1-13-8-10-16(11-9-13)19-17(21)20-18-12-14(2)15-6-4-3-5-7-15/h3-12,14H,1-2H3,(H2,19,20,21)/b18-12-/t14-/m0/s1. The highest BCUT2D eigenvalue weighted by molar-refractivity contribution is 7.80. The van der Waals surface area contributed by atoms with E-state index in [1.54, 1.807) is 0 Å². The number of anilines is 1. The Morgan fingerprint density at radius 3 is 2.43 bits per heavy atom. The van der Waals surface area contributed by atoms with Crippen LogP contribution in [-0.4, -0.2) is 11.3 Å². The Morgan fingerprint density at radius 2 is 1.76 bits per heavy atom. The average Bonchev–Trinajstić information content (AvgIpc) is 2.50. The number of rotatable bonds is 4. The van der Waals surface area contributed by atoms with Crippen molar-refractivity contribution in [3.63, 3.8) is 0 Å². The molecule has 2 aromatic rings. The molecule has 0 bridgehead atoms. The van der Waals surface area contributed by atoms with Crippen LogP contribution in [0, 0.1) is 6.92 Å². The van der Waals surface area contributed by atoms with Crippen molar-refractivity contribution in [2.45, 2.75) is 19.8 Å². The molecule has 0 fully saturated rings. The number of hydrogen-bond donors (Lipinski definition) is 2. The minimum absolute atomic E-state index is 0.237. The minimum Gasteiger partial charge on any atom is -0.331 e. The molecule has 0 aliphatic carbocycles. The van der Waals surface area contributed by atoms with Crippen molar-refractivity contribution >= 4 is 29.2 Å². The second-order valence-corrected chi connectivity index (χ2v) is 5.32. The van der Waals surface area contributed by atoms with E-state index in [1.807, 2.05) is 48.7 Å². The number of aryl methyl sites for hydroxylation is 1. The van der Waals surface area contributed by atoms with E-state index in [0.717, 1.165) is 5.69 Å². The van der Waals surface area contributed by atoms with Crippen molar-refractivity contribution in [2.24, 2.45) is 5.10 Å². The van der Waals surface area contributed by atoms with Gasteiger partial charge in [0.05, 0.1) is 0 Å². The van der Waals surface area contributed by atoms with Crippen LogP contribution < -0.4 is 10.7 Å². The predicted molar refractivity (Wildman–Crippen MR) is 93.9 cm³/mol. The van der Waals surface area contributed by atoms with E-state index in [0.29, 0.717) is 5.11 Å². The maximum Gasteiger partial charge on any atom is 0.191 e. The van der Waals surface area contributed by atoms with Crippen LogP contribution in [0.2, 0.25) is 0 Å². The summed E-state index contributed by atoms with van der Waals surface area (Å²) in [6.07, 6.45) is 1.85. The Morgan fingerprint density at radius 1 is 1.10 bits per heavy atom. The van der Waals surface area contributed by atoms with Crippen LogP contribution in [0.25, 0.3) is 0 Å². The van der Waals surface area contributed by atoms with Crippen LogP contribution in [-0.2, 0) is 0 Å². The first-order valence-electron chi connectivity index (χ1n) is 6.87. The fourth-order valence-electron chi connectivity index (χ4n) is 1.85. The van der Waals surface area contributed by atoms with Crippen LogP contribution >= 0.6 is 12.2 Å². The summed E-state index contributed by atoms with van der Waals surface area (Å²) in [5.74, 6) is 0.237. The second kappa shape index (κ2) is 7.55. The molecule has 3 nitrogen and oxygen atoms in total. The molecule has 2 aromatic carbocycles. The maximum atomic E-state index is 5.20. The highest BCUT2D eigenvalue weighted by atomic mass is 32.1. The Labute approximate surface area is 131 Å². The highest BCUT2D eigenvalue weighted by Gasteiger charge is 2.01. The van der Waals surface area contributed by atoms with Gasteiger partial charge in [-0.15, -0.1) is 0 Å². The molecule has 0 aliphatic heterocycles. The first-order valence-corrected chi connectivity index (χ1v) is 7.28. The van der Waals surface area contributed by atoms with Gasteiger partial charge >= 0.3 is 0 Å². The van der Waals surface area contributed by atoms with Crippen molar-refractivity contribution in [3.8, 4) is 0 Å². The molecular formula is C17H19N3S. The van der Waals surface area contributed by atoms with E-state index in [1.165, 1.54) is 11.1 Å². The molecular weight excluding hydrogens is 278 g/mol. The van der Waals surface area contributed by atoms with Gasteiger partial charge in [0, 0.05) is 17.8 Å². The third kappa shape index (κ3) is 5.00. The summed E-state index contributed by atoms with van der Waals surface area (Å²) in [5, 5.41) is 7.75. The molecule has 0 aromatic heterocycles. The molecule has 2 N–H and O–H groups in total. The number of nitrogens with one attached hydrogen (secondary N) is 2. The van der Waals surface area contributed by atoms with E-state index in [4.69, 9.17) is 12.2 Å². The van der Waals surface area contributed by atoms with E-state index in [-0.39, 0.29) is 5.92 Å². The van der Waals surface area contributed by atoms with Gasteiger partial charge in [-0.25, -0.2) is 0 Å². The fourth-order valence-corrected chi connectivity index (χ4v) is 2.02. The van der Waals surface area contributed by atoms with E-state index in [9.17, 15) is 0 Å². The molecule has 2 rings (SSSR count). The summed E-state index contributed by atoms with van der Waals surface area (Å²) >= 11 is 5.20. The van der Waals surface area contributed by atoms with Gasteiger partial charge in [0.2, 0.25) is 0 Å². The summed E-state index contributed by atoms with van der Waals surface area (Å²) < 4.78 is 0. The van der Waals surface area contributed by atoms with Crippen molar-refractivity contribution in [3.05, 3.63) is 65.7 Å². The summed E-state index contributed by atoms with van der Waals surface area (Å²) in [7, 11) is 0. The molecule has 0 spiro atoms.